The van der Waals surface area contributed by atoms with Crippen LogP contribution in [0.3, 0.4) is 0 Å². The van der Waals surface area contributed by atoms with Gasteiger partial charge in [0.25, 0.3) is 0 Å². The predicted molar refractivity (Wildman–Crippen MR) is 94.7 cm³/mol. The summed E-state index contributed by atoms with van der Waals surface area (Å²) in [6, 6.07) is 21.1. The first-order valence-corrected chi connectivity index (χ1v) is 7.77. The Kier molecular flexibility index (Phi) is 4.07. The summed E-state index contributed by atoms with van der Waals surface area (Å²) < 4.78 is 0. The zero-order valence-electron chi connectivity index (χ0n) is 13.3. The Morgan fingerprint density at radius 2 is 1.09 bits per heavy atom. The largest absolute Gasteiger partial charge is 0.508 e. The molecule has 2 nitrogen and oxygen atoms in total. The van der Waals surface area contributed by atoms with Crippen molar-refractivity contribution in [3.05, 3.63) is 72.3 Å². The third-order valence-corrected chi connectivity index (χ3v) is 4.05. The van der Waals surface area contributed by atoms with Gasteiger partial charge in [-0.25, -0.2) is 0 Å². The molecule has 0 radical (unpaired) electrons. The van der Waals surface area contributed by atoms with Crippen LogP contribution in [0.1, 0.15) is 25.3 Å². The Labute approximate surface area is 136 Å². The molecule has 0 fully saturated rings. The Morgan fingerprint density at radius 1 is 0.609 bits per heavy atom. The van der Waals surface area contributed by atoms with Crippen LogP contribution in [0.2, 0.25) is 0 Å². The maximum atomic E-state index is 9.73. The molecule has 3 rings (SSSR count). The van der Waals surface area contributed by atoms with Crippen LogP contribution < -0.4 is 0 Å². The molecule has 0 heterocycles. The van der Waals surface area contributed by atoms with Gasteiger partial charge in [0.05, 0.1) is 0 Å². The second-order valence-corrected chi connectivity index (χ2v) is 6.05. The van der Waals surface area contributed by atoms with Crippen molar-refractivity contribution in [1.82, 2.24) is 0 Å². The van der Waals surface area contributed by atoms with E-state index in [0.29, 0.717) is 11.7 Å². The first-order valence-electron chi connectivity index (χ1n) is 7.77. The van der Waals surface area contributed by atoms with E-state index in [4.69, 9.17) is 0 Å². The van der Waals surface area contributed by atoms with Crippen LogP contribution >= 0.6 is 0 Å². The summed E-state index contributed by atoms with van der Waals surface area (Å²) in [5, 5.41) is 19.1. The summed E-state index contributed by atoms with van der Waals surface area (Å²) in [5.41, 5.74) is 5.61. The fourth-order valence-corrected chi connectivity index (χ4v) is 2.79. The Balaban J connectivity index is 1.98. The van der Waals surface area contributed by atoms with E-state index in [0.717, 1.165) is 27.8 Å². The minimum absolute atomic E-state index is 0.274. The summed E-state index contributed by atoms with van der Waals surface area (Å²) >= 11 is 0. The third-order valence-electron chi connectivity index (χ3n) is 4.05. The molecule has 116 valence electrons. The van der Waals surface area contributed by atoms with Gasteiger partial charge in [-0.05, 0) is 58.0 Å². The van der Waals surface area contributed by atoms with Crippen molar-refractivity contribution in [2.45, 2.75) is 19.8 Å². The zero-order valence-corrected chi connectivity index (χ0v) is 13.3. The van der Waals surface area contributed by atoms with Gasteiger partial charge in [0.2, 0.25) is 0 Å². The highest BCUT2D eigenvalue weighted by molar-refractivity contribution is 5.73. The fourth-order valence-electron chi connectivity index (χ4n) is 2.79. The minimum Gasteiger partial charge on any atom is -0.508 e. The molecule has 0 saturated heterocycles. The summed E-state index contributed by atoms with van der Waals surface area (Å²) in [5.74, 6) is 0.920. The molecule has 0 spiro atoms. The van der Waals surface area contributed by atoms with Crippen LogP contribution in [0.15, 0.2) is 66.7 Å². The SMILES string of the molecule is CC(C)c1cc(O)ccc1-c1ccc(-c2ccc(O)cc2)cc1. The van der Waals surface area contributed by atoms with Crippen LogP contribution in [0.4, 0.5) is 0 Å². The number of hydrogen-bond donors (Lipinski definition) is 2. The van der Waals surface area contributed by atoms with Crippen molar-refractivity contribution in [3.63, 3.8) is 0 Å². The molecule has 0 aliphatic rings. The lowest BCUT2D eigenvalue weighted by molar-refractivity contribution is 0.474. The molecule has 23 heavy (non-hydrogen) atoms. The average Bonchev–Trinajstić information content (AvgIpc) is 2.56. The summed E-state index contributed by atoms with van der Waals surface area (Å²) in [7, 11) is 0. The highest BCUT2D eigenvalue weighted by Crippen LogP contribution is 2.33. The molecule has 3 aromatic rings. The maximum Gasteiger partial charge on any atom is 0.115 e. The minimum atomic E-state index is 0.274. The van der Waals surface area contributed by atoms with Crippen molar-refractivity contribution in [1.29, 1.82) is 0 Å². The smallest absolute Gasteiger partial charge is 0.115 e. The average molecular weight is 304 g/mol. The van der Waals surface area contributed by atoms with Crippen molar-refractivity contribution >= 4 is 0 Å². The highest BCUT2D eigenvalue weighted by Gasteiger charge is 2.10. The molecule has 0 atom stereocenters. The topological polar surface area (TPSA) is 40.5 Å². The van der Waals surface area contributed by atoms with Crippen molar-refractivity contribution in [2.24, 2.45) is 0 Å². The number of aromatic hydroxyl groups is 2. The monoisotopic (exact) mass is 304 g/mol. The highest BCUT2D eigenvalue weighted by atomic mass is 16.3. The summed E-state index contributed by atoms with van der Waals surface area (Å²) in [4.78, 5) is 0. The standard InChI is InChI=1S/C21H20O2/c1-14(2)21-13-19(23)11-12-20(21)17-5-3-15(4-6-17)16-7-9-18(22)10-8-16/h3-14,22-23H,1-2H3. The molecular formula is C21H20O2. The molecule has 0 aromatic heterocycles. The van der Waals surface area contributed by atoms with Crippen molar-refractivity contribution < 1.29 is 10.2 Å². The number of phenolic OH excluding ortho intramolecular Hbond substituents is 2. The first kappa shape index (κ1) is 15.2. The molecule has 0 bridgehead atoms. The van der Waals surface area contributed by atoms with E-state index in [9.17, 15) is 10.2 Å². The van der Waals surface area contributed by atoms with Gasteiger partial charge in [-0.15, -0.1) is 0 Å². The Bertz CT molecular complexity index is 800. The number of benzene rings is 3. The van der Waals surface area contributed by atoms with Gasteiger partial charge in [-0.1, -0.05) is 56.3 Å². The third kappa shape index (κ3) is 3.21. The van der Waals surface area contributed by atoms with Gasteiger partial charge >= 0.3 is 0 Å². The van der Waals surface area contributed by atoms with Gasteiger partial charge < -0.3 is 10.2 Å². The van der Waals surface area contributed by atoms with Gasteiger partial charge in [0.1, 0.15) is 11.5 Å². The lowest BCUT2D eigenvalue weighted by atomic mass is 9.91. The van der Waals surface area contributed by atoms with Gasteiger partial charge in [-0.3, -0.25) is 0 Å². The van der Waals surface area contributed by atoms with E-state index in [-0.39, 0.29) is 5.75 Å². The molecule has 0 aliphatic carbocycles. The van der Waals surface area contributed by atoms with E-state index in [1.165, 1.54) is 0 Å². The van der Waals surface area contributed by atoms with Crippen LogP contribution in [0, 0.1) is 0 Å². The molecule has 2 heteroatoms. The normalized spacial score (nSPS) is 10.9. The Hall–Kier alpha value is -2.74. The first-order chi connectivity index (χ1) is 11.0. The summed E-state index contributed by atoms with van der Waals surface area (Å²) in [6.45, 7) is 4.26. The molecule has 0 saturated carbocycles. The molecule has 0 unspecified atom stereocenters. The fraction of sp³-hybridized carbons (Fsp3) is 0.143. The maximum absolute atomic E-state index is 9.73. The number of phenols is 2. The van der Waals surface area contributed by atoms with E-state index in [2.05, 4.69) is 38.1 Å². The molecule has 3 aromatic carbocycles. The molecular weight excluding hydrogens is 284 g/mol. The van der Waals surface area contributed by atoms with Crippen LogP contribution in [-0.4, -0.2) is 10.2 Å². The number of hydrogen-bond acceptors (Lipinski definition) is 2. The van der Waals surface area contributed by atoms with Crippen LogP contribution in [0.5, 0.6) is 11.5 Å². The molecule has 0 amide bonds. The van der Waals surface area contributed by atoms with Crippen molar-refractivity contribution in [2.75, 3.05) is 0 Å². The number of rotatable bonds is 3. The van der Waals surface area contributed by atoms with Crippen molar-refractivity contribution in [3.8, 4) is 33.8 Å². The van der Waals surface area contributed by atoms with Gasteiger partial charge in [0.15, 0.2) is 0 Å². The zero-order chi connectivity index (χ0) is 16.4. The lowest BCUT2D eigenvalue weighted by Crippen LogP contribution is -1.92. The Morgan fingerprint density at radius 3 is 1.65 bits per heavy atom. The van der Waals surface area contributed by atoms with Gasteiger partial charge in [0, 0.05) is 0 Å². The lowest BCUT2D eigenvalue weighted by Gasteiger charge is -2.14. The predicted octanol–water partition coefficient (Wildman–Crippen LogP) is 5.56. The van der Waals surface area contributed by atoms with Gasteiger partial charge in [-0.2, -0.15) is 0 Å². The van der Waals surface area contributed by atoms with Crippen LogP contribution in [0.25, 0.3) is 22.3 Å². The van der Waals surface area contributed by atoms with E-state index in [1.807, 2.05) is 24.3 Å². The second kappa shape index (κ2) is 6.17. The quantitative estimate of drug-likeness (QED) is 0.665. The second-order valence-electron chi connectivity index (χ2n) is 6.05. The van der Waals surface area contributed by atoms with E-state index < -0.39 is 0 Å². The van der Waals surface area contributed by atoms with Crippen LogP contribution in [-0.2, 0) is 0 Å². The molecule has 2 N–H and O–H groups in total. The van der Waals surface area contributed by atoms with E-state index in [1.54, 1.807) is 18.2 Å². The summed E-state index contributed by atoms with van der Waals surface area (Å²) in [6.07, 6.45) is 0. The molecule has 0 aliphatic heterocycles. The van der Waals surface area contributed by atoms with E-state index >= 15 is 0 Å².